The molecule has 1 rings (SSSR count). The Kier molecular flexibility index (Phi) is 3.45. The number of hydrogen-bond acceptors (Lipinski definition) is 3. The Labute approximate surface area is 76.7 Å². The van der Waals surface area contributed by atoms with Gasteiger partial charge in [0.05, 0.1) is 6.20 Å². The number of hydrogen-bond donors (Lipinski definition) is 3. The second-order valence-corrected chi connectivity index (χ2v) is 3.03. The van der Waals surface area contributed by atoms with Gasteiger partial charge in [-0.05, 0) is 13.3 Å². The maximum atomic E-state index is 11.2. The molecule has 0 spiro atoms. The van der Waals surface area contributed by atoms with Crippen LogP contribution < -0.4 is 11.1 Å². The van der Waals surface area contributed by atoms with E-state index in [9.17, 15) is 4.79 Å². The molecule has 1 atom stereocenters. The highest BCUT2D eigenvalue weighted by atomic mass is 16.1. The number of carbonyl (C=O) groups excluding carboxylic acids is 1. The Morgan fingerprint density at radius 1 is 1.85 bits per heavy atom. The monoisotopic (exact) mass is 182 g/mol. The summed E-state index contributed by atoms with van der Waals surface area (Å²) in [6.45, 7) is 1.88. The number of anilines is 1. The van der Waals surface area contributed by atoms with Crippen molar-refractivity contribution in [2.75, 3.05) is 5.32 Å². The lowest BCUT2D eigenvalue weighted by molar-refractivity contribution is -0.116. The molecule has 5 nitrogen and oxygen atoms in total. The minimum absolute atomic E-state index is 0.0402. The van der Waals surface area contributed by atoms with Crippen LogP contribution in [-0.2, 0) is 4.79 Å². The maximum Gasteiger partial charge on any atom is 0.225 e. The van der Waals surface area contributed by atoms with Gasteiger partial charge < -0.3 is 11.1 Å². The van der Waals surface area contributed by atoms with Crippen LogP contribution in [0.4, 0.5) is 5.82 Å². The van der Waals surface area contributed by atoms with Crippen molar-refractivity contribution in [1.29, 1.82) is 0 Å². The molecule has 1 unspecified atom stereocenters. The molecule has 1 heterocycles. The van der Waals surface area contributed by atoms with Crippen molar-refractivity contribution in [3.8, 4) is 0 Å². The van der Waals surface area contributed by atoms with Crippen LogP contribution in [0.1, 0.15) is 19.8 Å². The molecule has 0 aliphatic heterocycles. The molecule has 1 amide bonds. The lowest BCUT2D eigenvalue weighted by Gasteiger charge is -2.04. The second-order valence-electron chi connectivity index (χ2n) is 3.03. The standard InChI is InChI=1S/C8H14N4O/c1-6(9)2-3-8(13)11-7-4-5-10-12-7/h4-6H,2-3,9H2,1H3,(H2,10,11,12,13). The number of amides is 1. The van der Waals surface area contributed by atoms with E-state index in [1.54, 1.807) is 12.3 Å². The fourth-order valence-corrected chi connectivity index (χ4v) is 0.897. The summed E-state index contributed by atoms with van der Waals surface area (Å²) in [5.41, 5.74) is 5.51. The van der Waals surface area contributed by atoms with Crippen molar-refractivity contribution < 1.29 is 4.79 Å². The van der Waals surface area contributed by atoms with Crippen LogP contribution in [0.5, 0.6) is 0 Å². The summed E-state index contributed by atoms with van der Waals surface area (Å²) in [6, 6.07) is 1.76. The highest BCUT2D eigenvalue weighted by Crippen LogP contribution is 2.01. The maximum absolute atomic E-state index is 11.2. The number of H-pyrrole nitrogens is 1. The Morgan fingerprint density at radius 3 is 3.15 bits per heavy atom. The summed E-state index contributed by atoms with van der Waals surface area (Å²) in [5, 5.41) is 9.01. The van der Waals surface area contributed by atoms with Gasteiger partial charge in [0.2, 0.25) is 5.91 Å². The van der Waals surface area contributed by atoms with Gasteiger partial charge in [0.25, 0.3) is 0 Å². The van der Waals surface area contributed by atoms with Crippen LogP contribution in [-0.4, -0.2) is 22.1 Å². The molecule has 72 valence electrons. The zero-order valence-corrected chi connectivity index (χ0v) is 7.58. The van der Waals surface area contributed by atoms with Crippen LogP contribution >= 0.6 is 0 Å². The van der Waals surface area contributed by atoms with Gasteiger partial charge in [-0.25, -0.2) is 0 Å². The van der Waals surface area contributed by atoms with Gasteiger partial charge in [0, 0.05) is 18.5 Å². The summed E-state index contributed by atoms with van der Waals surface area (Å²) in [7, 11) is 0. The molecule has 1 aromatic rings. The molecule has 0 aliphatic carbocycles. The second kappa shape index (κ2) is 4.61. The Bertz CT molecular complexity index is 255. The van der Waals surface area contributed by atoms with E-state index in [-0.39, 0.29) is 11.9 Å². The quantitative estimate of drug-likeness (QED) is 0.633. The van der Waals surface area contributed by atoms with Crippen molar-refractivity contribution in [2.45, 2.75) is 25.8 Å². The Balaban J connectivity index is 2.26. The highest BCUT2D eigenvalue weighted by molar-refractivity contribution is 5.89. The Morgan fingerprint density at radius 2 is 2.62 bits per heavy atom. The van der Waals surface area contributed by atoms with Gasteiger partial charge in [-0.1, -0.05) is 0 Å². The number of aromatic nitrogens is 2. The lowest BCUT2D eigenvalue weighted by atomic mass is 10.2. The zero-order chi connectivity index (χ0) is 9.68. The molecule has 0 radical (unpaired) electrons. The number of aromatic amines is 1. The van der Waals surface area contributed by atoms with Gasteiger partial charge in [-0.2, -0.15) is 5.10 Å². The Hall–Kier alpha value is -1.36. The average molecular weight is 182 g/mol. The van der Waals surface area contributed by atoms with Crippen molar-refractivity contribution in [2.24, 2.45) is 5.73 Å². The number of nitrogens with one attached hydrogen (secondary N) is 2. The summed E-state index contributed by atoms with van der Waals surface area (Å²) < 4.78 is 0. The number of carbonyl (C=O) groups is 1. The number of nitrogens with zero attached hydrogens (tertiary/aromatic N) is 1. The number of rotatable bonds is 4. The third-order valence-corrected chi connectivity index (χ3v) is 1.60. The van der Waals surface area contributed by atoms with Crippen LogP contribution in [0.3, 0.4) is 0 Å². The van der Waals surface area contributed by atoms with Crippen LogP contribution in [0.2, 0.25) is 0 Å². The van der Waals surface area contributed by atoms with Crippen molar-refractivity contribution in [3.63, 3.8) is 0 Å². The first-order chi connectivity index (χ1) is 6.18. The SMILES string of the molecule is CC(N)CCC(=O)Nc1ccn[nH]1. The normalized spacial score (nSPS) is 12.5. The average Bonchev–Trinajstić information content (AvgIpc) is 2.53. The van der Waals surface area contributed by atoms with E-state index >= 15 is 0 Å². The molecule has 13 heavy (non-hydrogen) atoms. The third kappa shape index (κ3) is 3.71. The van der Waals surface area contributed by atoms with E-state index in [1.165, 1.54) is 0 Å². The summed E-state index contributed by atoms with van der Waals surface area (Å²) in [6.07, 6.45) is 2.72. The molecular formula is C8H14N4O. The molecule has 0 fully saturated rings. The van der Waals surface area contributed by atoms with Crippen molar-refractivity contribution in [1.82, 2.24) is 10.2 Å². The lowest BCUT2D eigenvalue weighted by Crippen LogP contribution is -2.19. The van der Waals surface area contributed by atoms with E-state index in [0.29, 0.717) is 18.7 Å². The summed E-state index contributed by atoms with van der Waals surface area (Å²) >= 11 is 0. The molecule has 0 bridgehead atoms. The van der Waals surface area contributed by atoms with E-state index < -0.39 is 0 Å². The minimum atomic E-state index is -0.0402. The van der Waals surface area contributed by atoms with Crippen LogP contribution in [0.15, 0.2) is 12.3 Å². The van der Waals surface area contributed by atoms with Crippen LogP contribution in [0.25, 0.3) is 0 Å². The third-order valence-electron chi connectivity index (χ3n) is 1.60. The van der Waals surface area contributed by atoms with E-state index in [0.717, 1.165) is 0 Å². The molecule has 1 aromatic heterocycles. The van der Waals surface area contributed by atoms with E-state index in [4.69, 9.17) is 5.73 Å². The summed E-state index contributed by atoms with van der Waals surface area (Å²) in [4.78, 5) is 11.2. The first kappa shape index (κ1) is 9.73. The largest absolute Gasteiger partial charge is 0.328 e. The molecule has 0 saturated carbocycles. The predicted molar refractivity (Wildman–Crippen MR) is 50.1 cm³/mol. The fourth-order valence-electron chi connectivity index (χ4n) is 0.897. The molecule has 0 aromatic carbocycles. The first-order valence-corrected chi connectivity index (χ1v) is 4.23. The van der Waals surface area contributed by atoms with Crippen LogP contribution in [0, 0.1) is 0 Å². The summed E-state index contributed by atoms with van der Waals surface area (Å²) in [5.74, 6) is 0.580. The van der Waals surface area contributed by atoms with Crippen molar-refractivity contribution in [3.05, 3.63) is 12.3 Å². The fraction of sp³-hybridized carbons (Fsp3) is 0.500. The zero-order valence-electron chi connectivity index (χ0n) is 7.58. The smallest absolute Gasteiger partial charge is 0.225 e. The predicted octanol–water partition coefficient (Wildman–Crippen LogP) is 0.476. The molecule has 0 aliphatic rings. The molecule has 4 N–H and O–H groups in total. The van der Waals surface area contributed by atoms with E-state index in [2.05, 4.69) is 15.5 Å². The van der Waals surface area contributed by atoms with Gasteiger partial charge >= 0.3 is 0 Å². The molecule has 5 heteroatoms. The highest BCUT2D eigenvalue weighted by Gasteiger charge is 2.03. The van der Waals surface area contributed by atoms with Gasteiger partial charge in [-0.3, -0.25) is 9.89 Å². The molecule has 0 saturated heterocycles. The number of nitrogens with two attached hydrogens (primary N) is 1. The van der Waals surface area contributed by atoms with Gasteiger partial charge in [-0.15, -0.1) is 0 Å². The first-order valence-electron chi connectivity index (χ1n) is 4.23. The minimum Gasteiger partial charge on any atom is -0.328 e. The van der Waals surface area contributed by atoms with E-state index in [1.807, 2.05) is 6.92 Å². The van der Waals surface area contributed by atoms with Gasteiger partial charge in [0.1, 0.15) is 5.82 Å². The van der Waals surface area contributed by atoms with Gasteiger partial charge in [0.15, 0.2) is 0 Å². The van der Waals surface area contributed by atoms with Crippen molar-refractivity contribution >= 4 is 11.7 Å². The topological polar surface area (TPSA) is 83.8 Å². The molecular weight excluding hydrogens is 168 g/mol.